The molecule has 1 heterocycles. The van der Waals surface area contributed by atoms with Gasteiger partial charge >= 0.3 is 0 Å². The number of nitrogens with zero attached hydrogens (tertiary/aromatic N) is 1. The molecule has 4 nitrogen and oxygen atoms in total. The monoisotopic (exact) mass is 201 g/mol. The highest BCUT2D eigenvalue weighted by molar-refractivity contribution is 7.90. The van der Waals surface area contributed by atoms with Gasteiger partial charge in [0.05, 0.1) is 11.9 Å². The van der Waals surface area contributed by atoms with Gasteiger partial charge in [-0.1, -0.05) is 0 Å². The highest BCUT2D eigenvalue weighted by Crippen LogP contribution is 2.12. The predicted octanol–water partition coefficient (Wildman–Crippen LogP) is 0.160. The van der Waals surface area contributed by atoms with E-state index in [2.05, 4.69) is 4.98 Å². The second-order valence-corrected chi connectivity index (χ2v) is 5.07. The van der Waals surface area contributed by atoms with Gasteiger partial charge in [-0.3, -0.25) is 4.98 Å². The number of hydrogen-bond acceptors (Lipinski definition) is 4. The molecule has 0 spiro atoms. The number of rotatable bonds is 3. The molecule has 0 aliphatic rings. The Bertz CT molecular complexity index is 360. The van der Waals surface area contributed by atoms with Gasteiger partial charge in [0.15, 0.2) is 0 Å². The quantitative estimate of drug-likeness (QED) is 0.756. The molecule has 0 saturated carbocycles. The van der Waals surface area contributed by atoms with Gasteiger partial charge in [0, 0.05) is 18.6 Å². The normalized spacial score (nSPS) is 14.0. The highest BCUT2D eigenvalue weighted by atomic mass is 32.2. The van der Waals surface area contributed by atoms with Crippen LogP contribution in [0.5, 0.6) is 0 Å². The Kier molecular flexibility index (Phi) is 3.00. The molecule has 0 amide bonds. The van der Waals surface area contributed by atoms with Crippen molar-refractivity contribution < 1.29 is 13.5 Å². The van der Waals surface area contributed by atoms with Crippen LogP contribution in [0, 0.1) is 0 Å². The number of sulfone groups is 1. The molecular formula is C8H11NO3S. The Hall–Kier alpha value is -0.940. The lowest BCUT2D eigenvalue weighted by molar-refractivity contribution is 0.201. The molecule has 1 rings (SSSR count). The summed E-state index contributed by atoms with van der Waals surface area (Å²) in [6.07, 6.45) is 3.16. The largest absolute Gasteiger partial charge is 0.387 e. The third-order valence-electron chi connectivity index (χ3n) is 1.55. The van der Waals surface area contributed by atoms with E-state index in [1.807, 2.05) is 0 Å². The average molecular weight is 201 g/mol. The standard InChI is InChI=1S/C8H11NO3S/c1-13(11,12)6-8(10)7-2-4-9-5-3-7/h2-5,8,10H,6H2,1H3. The summed E-state index contributed by atoms with van der Waals surface area (Å²) in [5.74, 6) is -0.253. The summed E-state index contributed by atoms with van der Waals surface area (Å²) in [5.41, 5.74) is 0.570. The van der Waals surface area contributed by atoms with Gasteiger partial charge in [-0.05, 0) is 17.7 Å². The summed E-state index contributed by atoms with van der Waals surface area (Å²) in [6.45, 7) is 0. The fourth-order valence-corrected chi connectivity index (χ4v) is 1.73. The van der Waals surface area contributed by atoms with Crippen molar-refractivity contribution in [3.8, 4) is 0 Å². The summed E-state index contributed by atoms with van der Waals surface area (Å²) in [7, 11) is -3.14. The van der Waals surface area contributed by atoms with Crippen molar-refractivity contribution in [2.24, 2.45) is 0 Å². The Morgan fingerprint density at radius 2 is 2.00 bits per heavy atom. The van der Waals surface area contributed by atoms with Gasteiger partial charge in [-0.15, -0.1) is 0 Å². The first-order chi connectivity index (χ1) is 5.99. The van der Waals surface area contributed by atoms with E-state index in [0.29, 0.717) is 5.56 Å². The number of aliphatic hydroxyl groups is 1. The molecule has 1 aromatic rings. The van der Waals surface area contributed by atoms with Crippen LogP contribution in [0.4, 0.5) is 0 Å². The van der Waals surface area contributed by atoms with E-state index in [4.69, 9.17) is 0 Å². The van der Waals surface area contributed by atoms with Crippen LogP contribution in [-0.4, -0.2) is 30.5 Å². The zero-order valence-corrected chi connectivity index (χ0v) is 8.03. The number of hydrogen-bond donors (Lipinski definition) is 1. The molecule has 0 fully saturated rings. The van der Waals surface area contributed by atoms with Gasteiger partial charge < -0.3 is 5.11 Å². The topological polar surface area (TPSA) is 67.3 Å². The number of aliphatic hydroxyl groups excluding tert-OH is 1. The lowest BCUT2D eigenvalue weighted by Crippen LogP contribution is -2.12. The van der Waals surface area contributed by atoms with Crippen LogP contribution in [0.2, 0.25) is 0 Å². The summed E-state index contributed by atoms with van der Waals surface area (Å²) >= 11 is 0. The molecule has 0 aliphatic heterocycles. The summed E-state index contributed by atoms with van der Waals surface area (Å²) in [5, 5.41) is 9.45. The summed E-state index contributed by atoms with van der Waals surface area (Å²) in [4.78, 5) is 3.76. The van der Waals surface area contributed by atoms with Gasteiger partial charge in [-0.25, -0.2) is 8.42 Å². The predicted molar refractivity (Wildman–Crippen MR) is 48.9 cm³/mol. The van der Waals surface area contributed by atoms with E-state index in [-0.39, 0.29) is 5.75 Å². The van der Waals surface area contributed by atoms with Crippen molar-refractivity contribution in [3.05, 3.63) is 30.1 Å². The maximum Gasteiger partial charge on any atom is 0.150 e. The summed E-state index contributed by atoms with van der Waals surface area (Å²) in [6, 6.07) is 3.19. The fraction of sp³-hybridized carbons (Fsp3) is 0.375. The van der Waals surface area contributed by atoms with Crippen molar-refractivity contribution in [2.75, 3.05) is 12.0 Å². The Balaban J connectivity index is 2.76. The molecule has 0 bridgehead atoms. The Morgan fingerprint density at radius 1 is 1.46 bits per heavy atom. The van der Waals surface area contributed by atoms with E-state index < -0.39 is 15.9 Å². The van der Waals surface area contributed by atoms with Gasteiger partial charge in [0.25, 0.3) is 0 Å². The molecule has 1 atom stereocenters. The fourth-order valence-electron chi connectivity index (χ4n) is 0.969. The second kappa shape index (κ2) is 3.85. The molecular weight excluding hydrogens is 190 g/mol. The lowest BCUT2D eigenvalue weighted by Gasteiger charge is -2.08. The van der Waals surface area contributed by atoms with Crippen LogP contribution < -0.4 is 0 Å². The van der Waals surface area contributed by atoms with Gasteiger partial charge in [0.1, 0.15) is 9.84 Å². The second-order valence-electron chi connectivity index (χ2n) is 2.89. The number of pyridine rings is 1. The van der Waals surface area contributed by atoms with Crippen LogP contribution in [-0.2, 0) is 9.84 Å². The van der Waals surface area contributed by atoms with Crippen LogP contribution in [0.25, 0.3) is 0 Å². The minimum Gasteiger partial charge on any atom is -0.387 e. The molecule has 0 radical (unpaired) electrons. The lowest BCUT2D eigenvalue weighted by atomic mass is 10.2. The SMILES string of the molecule is CS(=O)(=O)CC(O)c1ccncc1. The van der Waals surface area contributed by atoms with Crippen molar-refractivity contribution in [2.45, 2.75) is 6.10 Å². The third kappa shape index (κ3) is 3.52. The minimum atomic E-state index is -3.14. The summed E-state index contributed by atoms with van der Waals surface area (Å²) < 4.78 is 21.7. The molecule has 72 valence electrons. The molecule has 0 saturated heterocycles. The zero-order chi connectivity index (χ0) is 9.90. The van der Waals surface area contributed by atoms with Crippen LogP contribution >= 0.6 is 0 Å². The highest BCUT2D eigenvalue weighted by Gasteiger charge is 2.13. The molecule has 5 heteroatoms. The van der Waals surface area contributed by atoms with E-state index in [9.17, 15) is 13.5 Å². The molecule has 0 aliphatic carbocycles. The van der Waals surface area contributed by atoms with Crippen LogP contribution in [0.15, 0.2) is 24.5 Å². The first kappa shape index (κ1) is 10.1. The van der Waals surface area contributed by atoms with E-state index in [1.165, 1.54) is 12.4 Å². The average Bonchev–Trinajstić information content (AvgIpc) is 2.03. The van der Waals surface area contributed by atoms with Crippen molar-refractivity contribution in [1.29, 1.82) is 0 Å². The van der Waals surface area contributed by atoms with Crippen molar-refractivity contribution >= 4 is 9.84 Å². The number of aromatic nitrogens is 1. The molecule has 13 heavy (non-hydrogen) atoms. The maximum absolute atomic E-state index is 10.8. The molecule has 0 aromatic carbocycles. The first-order valence-corrected chi connectivity index (χ1v) is 5.81. The van der Waals surface area contributed by atoms with Crippen LogP contribution in [0.3, 0.4) is 0 Å². The van der Waals surface area contributed by atoms with E-state index in [1.54, 1.807) is 12.1 Å². The maximum atomic E-state index is 10.8. The first-order valence-electron chi connectivity index (χ1n) is 3.75. The molecule has 1 aromatic heterocycles. The van der Waals surface area contributed by atoms with Crippen LogP contribution in [0.1, 0.15) is 11.7 Å². The third-order valence-corrected chi connectivity index (χ3v) is 2.47. The molecule has 1 unspecified atom stereocenters. The van der Waals surface area contributed by atoms with E-state index in [0.717, 1.165) is 6.26 Å². The minimum absolute atomic E-state index is 0.253. The zero-order valence-electron chi connectivity index (χ0n) is 7.21. The smallest absolute Gasteiger partial charge is 0.150 e. The van der Waals surface area contributed by atoms with Gasteiger partial charge in [-0.2, -0.15) is 0 Å². The molecule has 1 N–H and O–H groups in total. The van der Waals surface area contributed by atoms with Gasteiger partial charge in [0.2, 0.25) is 0 Å². The van der Waals surface area contributed by atoms with E-state index >= 15 is 0 Å². The van der Waals surface area contributed by atoms with Crippen molar-refractivity contribution in [3.63, 3.8) is 0 Å². The Morgan fingerprint density at radius 3 is 2.46 bits per heavy atom. The van der Waals surface area contributed by atoms with Crippen molar-refractivity contribution in [1.82, 2.24) is 4.98 Å². The Labute approximate surface area is 77.2 Å².